The van der Waals surface area contributed by atoms with E-state index in [0.29, 0.717) is 17.8 Å². The van der Waals surface area contributed by atoms with Crippen molar-refractivity contribution < 1.29 is 9.18 Å². The van der Waals surface area contributed by atoms with Gasteiger partial charge < -0.3 is 9.30 Å². The number of fused-ring (bicyclic) bond motifs is 1. The molecule has 0 aliphatic rings. The maximum Gasteiger partial charge on any atom is 0.274 e. The van der Waals surface area contributed by atoms with E-state index in [4.69, 9.17) is 0 Å². The van der Waals surface area contributed by atoms with Crippen LogP contribution in [0.25, 0.3) is 16.8 Å². The molecular weight excluding hydrogens is 341 g/mol. The lowest BCUT2D eigenvalue weighted by Crippen LogP contribution is -2.27. The molecular formula is C22H18FN3O. The van der Waals surface area contributed by atoms with Crippen LogP contribution < -0.4 is 0 Å². The molecule has 2 heterocycles. The van der Waals surface area contributed by atoms with Crippen molar-refractivity contribution in [1.29, 1.82) is 0 Å². The summed E-state index contributed by atoms with van der Waals surface area (Å²) in [7, 11) is 1.74. The van der Waals surface area contributed by atoms with E-state index in [0.717, 1.165) is 11.1 Å². The number of hydrogen-bond acceptors (Lipinski definition) is 2. The SMILES string of the molecule is CN(Cc1ccccc1)C(=O)c1cn2cccc2c(-c2ccccc2F)n1. The van der Waals surface area contributed by atoms with Crippen molar-refractivity contribution in [1.82, 2.24) is 14.3 Å². The molecule has 0 radical (unpaired) electrons. The van der Waals surface area contributed by atoms with Gasteiger partial charge in [-0.3, -0.25) is 4.79 Å². The van der Waals surface area contributed by atoms with Crippen LogP contribution in [0.4, 0.5) is 4.39 Å². The molecule has 0 saturated heterocycles. The highest BCUT2D eigenvalue weighted by atomic mass is 19.1. The van der Waals surface area contributed by atoms with Crippen LogP contribution >= 0.6 is 0 Å². The van der Waals surface area contributed by atoms with Gasteiger partial charge in [-0.25, -0.2) is 9.37 Å². The summed E-state index contributed by atoms with van der Waals surface area (Å²) in [6.45, 7) is 0.472. The Morgan fingerprint density at radius 1 is 1.04 bits per heavy atom. The summed E-state index contributed by atoms with van der Waals surface area (Å²) in [5.74, 6) is -0.581. The van der Waals surface area contributed by atoms with Gasteiger partial charge in [-0.2, -0.15) is 0 Å². The Hall–Kier alpha value is -3.47. The average molecular weight is 359 g/mol. The van der Waals surface area contributed by atoms with Gasteiger partial charge in [0.15, 0.2) is 0 Å². The minimum atomic E-state index is -0.365. The van der Waals surface area contributed by atoms with E-state index in [1.807, 2.05) is 48.7 Å². The van der Waals surface area contributed by atoms with Crippen molar-refractivity contribution in [3.8, 4) is 11.3 Å². The third-order valence-electron chi connectivity index (χ3n) is 4.47. The topological polar surface area (TPSA) is 37.6 Å². The molecule has 0 spiro atoms. The lowest BCUT2D eigenvalue weighted by Gasteiger charge is -2.18. The molecule has 0 saturated carbocycles. The summed E-state index contributed by atoms with van der Waals surface area (Å²) in [5.41, 5.74) is 2.89. The van der Waals surface area contributed by atoms with Crippen molar-refractivity contribution in [3.05, 3.63) is 96.2 Å². The van der Waals surface area contributed by atoms with E-state index >= 15 is 0 Å². The van der Waals surface area contributed by atoms with E-state index in [1.165, 1.54) is 6.07 Å². The number of aromatic nitrogens is 2. The van der Waals surface area contributed by atoms with E-state index in [1.54, 1.807) is 40.7 Å². The van der Waals surface area contributed by atoms with Crippen LogP contribution in [-0.2, 0) is 6.54 Å². The minimum Gasteiger partial charge on any atom is -0.336 e. The van der Waals surface area contributed by atoms with Gasteiger partial charge in [-0.05, 0) is 29.8 Å². The molecule has 4 aromatic rings. The Bertz CT molecular complexity index is 1100. The molecule has 1 amide bonds. The van der Waals surface area contributed by atoms with Gasteiger partial charge in [0.05, 0.1) is 11.2 Å². The predicted octanol–water partition coefficient (Wildman–Crippen LogP) is 4.41. The standard InChI is InChI=1S/C22H18FN3O/c1-25(14-16-8-3-2-4-9-16)22(27)19-15-26-13-7-12-20(26)21(24-19)17-10-5-6-11-18(17)23/h2-13,15H,14H2,1H3. The van der Waals surface area contributed by atoms with Gasteiger partial charge in [-0.1, -0.05) is 42.5 Å². The van der Waals surface area contributed by atoms with Gasteiger partial charge in [0.2, 0.25) is 0 Å². The van der Waals surface area contributed by atoms with Crippen molar-refractivity contribution >= 4 is 11.4 Å². The van der Waals surface area contributed by atoms with Gasteiger partial charge in [0, 0.05) is 31.5 Å². The average Bonchev–Trinajstić information content (AvgIpc) is 3.16. The largest absolute Gasteiger partial charge is 0.336 e. The molecule has 0 atom stereocenters. The third kappa shape index (κ3) is 3.31. The molecule has 0 bridgehead atoms. The first-order chi connectivity index (χ1) is 13.1. The third-order valence-corrected chi connectivity index (χ3v) is 4.47. The molecule has 0 fully saturated rings. The fraction of sp³-hybridized carbons (Fsp3) is 0.0909. The Kier molecular flexibility index (Phi) is 4.42. The Balaban J connectivity index is 1.74. The molecule has 4 nitrogen and oxygen atoms in total. The summed E-state index contributed by atoms with van der Waals surface area (Å²) in [4.78, 5) is 19.1. The monoisotopic (exact) mass is 359 g/mol. The lowest BCUT2D eigenvalue weighted by molar-refractivity contribution is 0.0779. The highest BCUT2D eigenvalue weighted by Gasteiger charge is 2.18. The highest BCUT2D eigenvalue weighted by Crippen LogP contribution is 2.26. The second-order valence-corrected chi connectivity index (χ2v) is 6.40. The Morgan fingerprint density at radius 2 is 1.78 bits per heavy atom. The number of rotatable bonds is 4. The van der Waals surface area contributed by atoms with E-state index < -0.39 is 0 Å². The Labute approximate surface area is 156 Å². The van der Waals surface area contributed by atoms with Crippen molar-refractivity contribution in [2.75, 3.05) is 7.05 Å². The van der Waals surface area contributed by atoms with Crippen LogP contribution in [0.5, 0.6) is 0 Å². The first-order valence-corrected chi connectivity index (χ1v) is 8.65. The van der Waals surface area contributed by atoms with E-state index in [9.17, 15) is 9.18 Å². The molecule has 4 rings (SSSR count). The smallest absolute Gasteiger partial charge is 0.274 e. The summed E-state index contributed by atoms with van der Waals surface area (Å²) >= 11 is 0. The van der Waals surface area contributed by atoms with Crippen LogP contribution in [0, 0.1) is 5.82 Å². The number of hydrogen-bond donors (Lipinski definition) is 0. The first-order valence-electron chi connectivity index (χ1n) is 8.65. The molecule has 0 aliphatic heterocycles. The van der Waals surface area contributed by atoms with Crippen molar-refractivity contribution in [3.63, 3.8) is 0 Å². The molecule has 5 heteroatoms. The normalized spacial score (nSPS) is 10.9. The fourth-order valence-corrected chi connectivity index (χ4v) is 3.12. The van der Waals surface area contributed by atoms with Crippen LogP contribution in [0.3, 0.4) is 0 Å². The zero-order valence-corrected chi connectivity index (χ0v) is 14.8. The van der Waals surface area contributed by atoms with E-state index in [-0.39, 0.29) is 17.4 Å². The minimum absolute atomic E-state index is 0.216. The number of amides is 1. The number of carbonyl (C=O) groups excluding carboxylic acids is 1. The quantitative estimate of drug-likeness (QED) is 0.541. The number of nitrogens with zero attached hydrogens (tertiary/aromatic N) is 3. The number of benzene rings is 2. The lowest BCUT2D eigenvalue weighted by atomic mass is 10.1. The van der Waals surface area contributed by atoms with Crippen LogP contribution in [0.15, 0.2) is 79.1 Å². The molecule has 2 aromatic heterocycles. The van der Waals surface area contributed by atoms with Crippen LogP contribution in [-0.4, -0.2) is 27.2 Å². The first kappa shape index (κ1) is 17.0. The van der Waals surface area contributed by atoms with Crippen LogP contribution in [0.2, 0.25) is 0 Å². The molecule has 0 unspecified atom stereocenters. The van der Waals surface area contributed by atoms with E-state index in [2.05, 4.69) is 4.98 Å². The summed E-state index contributed by atoms with van der Waals surface area (Å²) in [5, 5.41) is 0. The zero-order valence-electron chi connectivity index (χ0n) is 14.8. The van der Waals surface area contributed by atoms with Crippen molar-refractivity contribution in [2.45, 2.75) is 6.54 Å². The van der Waals surface area contributed by atoms with Gasteiger partial charge >= 0.3 is 0 Å². The number of halogens is 1. The Morgan fingerprint density at radius 3 is 2.56 bits per heavy atom. The van der Waals surface area contributed by atoms with Crippen LogP contribution in [0.1, 0.15) is 16.1 Å². The summed E-state index contributed by atoms with van der Waals surface area (Å²) < 4.78 is 16.1. The number of carbonyl (C=O) groups is 1. The highest BCUT2D eigenvalue weighted by molar-refractivity contribution is 5.93. The summed E-state index contributed by atoms with van der Waals surface area (Å²) in [6, 6.07) is 19.9. The van der Waals surface area contributed by atoms with Gasteiger partial charge in [0.1, 0.15) is 11.5 Å². The molecule has 2 aromatic carbocycles. The molecule has 27 heavy (non-hydrogen) atoms. The van der Waals surface area contributed by atoms with Gasteiger partial charge in [-0.15, -0.1) is 0 Å². The second-order valence-electron chi connectivity index (χ2n) is 6.40. The summed E-state index contributed by atoms with van der Waals surface area (Å²) in [6.07, 6.45) is 3.51. The molecule has 0 aliphatic carbocycles. The maximum absolute atomic E-state index is 14.3. The molecule has 0 N–H and O–H groups in total. The predicted molar refractivity (Wildman–Crippen MR) is 103 cm³/mol. The second kappa shape index (κ2) is 7.03. The zero-order chi connectivity index (χ0) is 18.8. The van der Waals surface area contributed by atoms with Crippen molar-refractivity contribution in [2.24, 2.45) is 0 Å². The maximum atomic E-state index is 14.3. The van der Waals surface area contributed by atoms with Gasteiger partial charge in [0.25, 0.3) is 5.91 Å². The fourth-order valence-electron chi connectivity index (χ4n) is 3.12. The molecule has 134 valence electrons.